The first kappa shape index (κ1) is 17.2. The van der Waals surface area contributed by atoms with E-state index in [2.05, 4.69) is 15.3 Å². The number of ether oxygens (including phenoxy) is 1. The number of aryl methyl sites for hydroxylation is 1. The highest BCUT2D eigenvalue weighted by Gasteiger charge is 2.09. The number of benzene rings is 1. The minimum atomic E-state index is 0.755. The Balaban J connectivity index is 1.58. The summed E-state index contributed by atoms with van der Waals surface area (Å²) in [5, 5.41) is 4.21. The molecule has 0 saturated heterocycles. The van der Waals surface area contributed by atoms with Crippen LogP contribution in [0.4, 0.5) is 11.6 Å². The number of methoxy groups -OCH3 is 1. The predicted molar refractivity (Wildman–Crippen MR) is 110 cm³/mol. The molecule has 0 saturated carbocycles. The van der Waals surface area contributed by atoms with Crippen molar-refractivity contribution >= 4 is 23.0 Å². The highest BCUT2D eigenvalue weighted by Crippen LogP contribution is 2.32. The Kier molecular flexibility index (Phi) is 4.80. The first-order valence-corrected chi connectivity index (χ1v) is 9.30. The quantitative estimate of drug-likeness (QED) is 0.512. The Morgan fingerprint density at radius 3 is 2.59 bits per heavy atom. The first-order valence-electron chi connectivity index (χ1n) is 8.48. The summed E-state index contributed by atoms with van der Waals surface area (Å²) in [6.07, 6.45) is 3.65. The normalized spacial score (nSPS) is 10.6. The molecule has 0 aliphatic rings. The lowest BCUT2D eigenvalue weighted by molar-refractivity contribution is 0.415. The van der Waals surface area contributed by atoms with Crippen molar-refractivity contribution in [2.45, 2.75) is 6.92 Å². The summed E-state index contributed by atoms with van der Waals surface area (Å²) in [5.41, 5.74) is 3.09. The zero-order chi connectivity index (χ0) is 18.6. The Bertz CT molecular complexity index is 1060. The van der Waals surface area contributed by atoms with Gasteiger partial charge in [-0.05, 0) is 61.0 Å². The second kappa shape index (κ2) is 7.55. The van der Waals surface area contributed by atoms with E-state index in [0.29, 0.717) is 0 Å². The molecule has 1 aromatic carbocycles. The predicted octanol–water partition coefficient (Wildman–Crippen LogP) is 5.33. The molecule has 6 heteroatoms. The molecule has 27 heavy (non-hydrogen) atoms. The van der Waals surface area contributed by atoms with Gasteiger partial charge in [-0.1, -0.05) is 6.07 Å². The lowest BCUT2D eigenvalue weighted by atomic mass is 10.2. The fourth-order valence-corrected chi connectivity index (χ4v) is 3.53. The Morgan fingerprint density at radius 1 is 0.963 bits per heavy atom. The monoisotopic (exact) mass is 374 g/mol. The fraction of sp³-hybridized carbons (Fsp3) is 0.0952. The highest BCUT2D eigenvalue weighted by molar-refractivity contribution is 7.18. The molecule has 0 amide bonds. The molecular weight excluding hydrogens is 356 g/mol. The second-order valence-corrected chi connectivity index (χ2v) is 7.04. The van der Waals surface area contributed by atoms with Crippen molar-refractivity contribution in [1.29, 1.82) is 0 Å². The highest BCUT2D eigenvalue weighted by atomic mass is 32.1. The largest absolute Gasteiger partial charge is 0.497 e. The number of anilines is 2. The van der Waals surface area contributed by atoms with Crippen LogP contribution in [0.15, 0.2) is 67.0 Å². The third kappa shape index (κ3) is 3.96. The van der Waals surface area contributed by atoms with E-state index in [9.17, 15) is 0 Å². The molecule has 5 nitrogen and oxygen atoms in total. The Hall–Kier alpha value is -3.25. The third-order valence-corrected chi connectivity index (χ3v) is 5.08. The van der Waals surface area contributed by atoms with Crippen molar-refractivity contribution in [2.75, 3.05) is 12.4 Å². The molecule has 3 heterocycles. The van der Waals surface area contributed by atoms with Crippen molar-refractivity contribution in [1.82, 2.24) is 15.0 Å². The summed E-state index contributed by atoms with van der Waals surface area (Å²) < 4.78 is 5.21. The molecule has 0 aliphatic carbocycles. The summed E-state index contributed by atoms with van der Waals surface area (Å²) in [4.78, 5) is 14.6. The van der Waals surface area contributed by atoms with Crippen LogP contribution in [0, 0.1) is 6.92 Å². The topological polar surface area (TPSA) is 59.9 Å². The number of rotatable bonds is 5. The maximum Gasteiger partial charge on any atom is 0.132 e. The number of hydrogen-bond donors (Lipinski definition) is 1. The molecule has 0 spiro atoms. The zero-order valence-electron chi connectivity index (χ0n) is 15.0. The molecule has 0 radical (unpaired) electrons. The van der Waals surface area contributed by atoms with Gasteiger partial charge in [0.25, 0.3) is 0 Å². The second-order valence-electron chi connectivity index (χ2n) is 6.01. The lowest BCUT2D eigenvalue weighted by Crippen LogP contribution is -1.96. The average Bonchev–Trinajstić information content (AvgIpc) is 3.19. The maximum absolute atomic E-state index is 5.21. The van der Waals surface area contributed by atoms with Gasteiger partial charge in [-0.15, -0.1) is 11.3 Å². The van der Waals surface area contributed by atoms with E-state index in [-0.39, 0.29) is 0 Å². The van der Waals surface area contributed by atoms with Crippen molar-refractivity contribution < 1.29 is 4.74 Å². The molecule has 3 aromatic heterocycles. The van der Waals surface area contributed by atoms with Gasteiger partial charge in [0.2, 0.25) is 0 Å². The van der Waals surface area contributed by atoms with Crippen molar-refractivity contribution in [2.24, 2.45) is 0 Å². The molecule has 0 aliphatic heterocycles. The molecule has 4 rings (SSSR count). The van der Waals surface area contributed by atoms with Crippen molar-refractivity contribution in [3.63, 3.8) is 0 Å². The van der Waals surface area contributed by atoms with E-state index in [1.165, 1.54) is 0 Å². The van der Waals surface area contributed by atoms with Gasteiger partial charge in [-0.25, -0.2) is 15.0 Å². The minimum absolute atomic E-state index is 0.755. The van der Waals surface area contributed by atoms with E-state index in [4.69, 9.17) is 9.72 Å². The van der Waals surface area contributed by atoms with Crippen LogP contribution in [0.2, 0.25) is 0 Å². The summed E-state index contributed by atoms with van der Waals surface area (Å²) in [7, 11) is 1.66. The van der Waals surface area contributed by atoms with Crippen LogP contribution in [-0.2, 0) is 0 Å². The SMILES string of the molecule is COc1ccc(-c2ncc(-c3cccc(Nc4cc(C)ccn4)n3)s2)cc1. The number of hydrogen-bond acceptors (Lipinski definition) is 6. The first-order chi connectivity index (χ1) is 13.2. The number of thiazole rings is 1. The molecule has 0 unspecified atom stereocenters. The van der Waals surface area contributed by atoms with Crippen LogP contribution in [-0.4, -0.2) is 22.1 Å². The molecule has 1 N–H and O–H groups in total. The smallest absolute Gasteiger partial charge is 0.132 e. The van der Waals surface area contributed by atoms with Gasteiger partial charge in [-0.2, -0.15) is 0 Å². The van der Waals surface area contributed by atoms with Crippen LogP contribution in [0.3, 0.4) is 0 Å². The number of aromatic nitrogens is 3. The minimum Gasteiger partial charge on any atom is -0.497 e. The molecule has 0 bridgehead atoms. The summed E-state index contributed by atoms with van der Waals surface area (Å²) >= 11 is 1.61. The van der Waals surface area contributed by atoms with E-state index < -0.39 is 0 Å². The number of pyridine rings is 2. The van der Waals surface area contributed by atoms with Crippen LogP contribution < -0.4 is 10.1 Å². The third-order valence-electron chi connectivity index (χ3n) is 4.02. The van der Waals surface area contributed by atoms with E-state index in [0.717, 1.165) is 44.1 Å². The van der Waals surface area contributed by atoms with E-state index in [1.807, 2.05) is 67.7 Å². The van der Waals surface area contributed by atoms with Crippen molar-refractivity contribution in [3.8, 4) is 26.9 Å². The van der Waals surface area contributed by atoms with Crippen LogP contribution in [0.25, 0.3) is 21.1 Å². The van der Waals surface area contributed by atoms with Gasteiger partial charge in [0.05, 0.1) is 17.7 Å². The zero-order valence-corrected chi connectivity index (χ0v) is 15.8. The number of nitrogens with one attached hydrogen (secondary N) is 1. The van der Waals surface area contributed by atoms with Crippen LogP contribution >= 0.6 is 11.3 Å². The molecular formula is C21H18N4OS. The van der Waals surface area contributed by atoms with E-state index >= 15 is 0 Å². The van der Waals surface area contributed by atoms with Gasteiger partial charge in [0.15, 0.2) is 0 Å². The Morgan fingerprint density at radius 2 is 1.81 bits per heavy atom. The summed E-state index contributed by atoms with van der Waals surface area (Å²) in [5.74, 6) is 2.37. The van der Waals surface area contributed by atoms with Gasteiger partial charge in [-0.3, -0.25) is 0 Å². The maximum atomic E-state index is 5.21. The van der Waals surface area contributed by atoms with Crippen molar-refractivity contribution in [3.05, 3.63) is 72.6 Å². The lowest BCUT2D eigenvalue weighted by Gasteiger charge is -2.06. The van der Waals surface area contributed by atoms with E-state index in [1.54, 1.807) is 24.6 Å². The Labute approximate surface area is 161 Å². The molecule has 0 fully saturated rings. The molecule has 4 aromatic rings. The summed E-state index contributed by atoms with van der Waals surface area (Å²) in [6, 6.07) is 17.7. The van der Waals surface area contributed by atoms with Crippen LogP contribution in [0.5, 0.6) is 5.75 Å². The fourth-order valence-electron chi connectivity index (χ4n) is 2.64. The molecule has 134 valence electrons. The van der Waals surface area contributed by atoms with Gasteiger partial charge in [0, 0.05) is 18.0 Å². The van der Waals surface area contributed by atoms with Gasteiger partial charge in [0.1, 0.15) is 22.4 Å². The standard InChI is InChI=1S/C21H18N4OS/c1-14-10-11-22-20(12-14)25-19-5-3-4-17(24-19)18-13-23-21(27-18)15-6-8-16(26-2)9-7-15/h3-13H,1-2H3,(H,22,24,25). The average molecular weight is 374 g/mol. The van der Waals surface area contributed by atoms with Crippen LogP contribution in [0.1, 0.15) is 5.56 Å². The van der Waals surface area contributed by atoms with Gasteiger partial charge < -0.3 is 10.1 Å². The van der Waals surface area contributed by atoms with Gasteiger partial charge >= 0.3 is 0 Å². The molecule has 0 atom stereocenters. The summed E-state index contributed by atoms with van der Waals surface area (Å²) in [6.45, 7) is 2.04. The number of nitrogens with zero attached hydrogens (tertiary/aromatic N) is 3.